The molecule has 21 heavy (non-hydrogen) atoms. The van der Waals surface area contributed by atoms with E-state index in [-0.39, 0.29) is 11.9 Å². The lowest BCUT2D eigenvalue weighted by atomic mass is 10.3. The first-order valence-electron chi connectivity index (χ1n) is 5.99. The summed E-state index contributed by atoms with van der Waals surface area (Å²) in [6, 6.07) is 6.79. The van der Waals surface area contributed by atoms with Gasteiger partial charge >= 0.3 is 5.97 Å². The van der Waals surface area contributed by atoms with Gasteiger partial charge in [-0.15, -0.1) is 11.8 Å². The van der Waals surface area contributed by atoms with Crippen LogP contribution in [0.3, 0.4) is 0 Å². The fourth-order valence-corrected chi connectivity index (χ4v) is 2.87. The van der Waals surface area contributed by atoms with Crippen LogP contribution in [0, 0.1) is 0 Å². The molecule has 0 aliphatic heterocycles. The predicted molar refractivity (Wildman–Crippen MR) is 89.8 cm³/mol. The number of carbonyl (C=O) groups is 1. The van der Waals surface area contributed by atoms with Gasteiger partial charge < -0.3 is 9.47 Å². The van der Waals surface area contributed by atoms with Crippen LogP contribution in [0.2, 0.25) is 5.02 Å². The number of hydrogen-bond donors (Lipinski definition) is 0. The van der Waals surface area contributed by atoms with E-state index in [4.69, 9.17) is 55.9 Å². The Morgan fingerprint density at radius 1 is 1.29 bits per heavy atom. The number of benzene rings is 1. The minimum atomic E-state index is -1.71. The average Bonchev–Trinajstić information content (AvgIpc) is 2.35. The SMILES string of the molecule is CC(C)SC(OC(=O)COc1ccccc1Cl)C(Cl)(Cl)Cl. The molecule has 0 aliphatic rings. The van der Waals surface area contributed by atoms with Crippen LogP contribution < -0.4 is 4.74 Å². The van der Waals surface area contributed by atoms with Crippen molar-refractivity contribution < 1.29 is 14.3 Å². The summed E-state index contributed by atoms with van der Waals surface area (Å²) in [5.74, 6) is -0.252. The fourth-order valence-electron chi connectivity index (χ4n) is 1.27. The third-order valence-corrected chi connectivity index (χ3v) is 4.62. The van der Waals surface area contributed by atoms with Crippen molar-refractivity contribution in [2.24, 2.45) is 0 Å². The van der Waals surface area contributed by atoms with Crippen molar-refractivity contribution in [1.82, 2.24) is 0 Å². The number of ether oxygens (including phenoxy) is 2. The first kappa shape index (κ1) is 19.0. The van der Waals surface area contributed by atoms with Crippen LogP contribution in [0.4, 0.5) is 0 Å². The Kier molecular flexibility index (Phi) is 7.79. The van der Waals surface area contributed by atoms with Crippen molar-refractivity contribution in [1.29, 1.82) is 0 Å². The number of carbonyl (C=O) groups excluding carboxylic acids is 1. The molecule has 0 saturated heterocycles. The maximum absolute atomic E-state index is 11.8. The molecule has 0 radical (unpaired) electrons. The van der Waals surface area contributed by atoms with E-state index in [2.05, 4.69) is 0 Å². The topological polar surface area (TPSA) is 35.5 Å². The number of halogens is 4. The highest BCUT2D eigenvalue weighted by Crippen LogP contribution is 2.40. The van der Waals surface area contributed by atoms with Gasteiger partial charge in [0.1, 0.15) is 5.75 Å². The number of esters is 1. The third-order valence-electron chi connectivity index (χ3n) is 2.08. The second-order valence-corrected chi connectivity index (χ2v) is 8.69. The molecule has 1 unspecified atom stereocenters. The molecule has 0 heterocycles. The molecule has 0 fully saturated rings. The summed E-state index contributed by atoms with van der Waals surface area (Å²) < 4.78 is 8.71. The third kappa shape index (κ3) is 7.20. The summed E-state index contributed by atoms with van der Waals surface area (Å²) in [6.07, 6.45) is 0. The Morgan fingerprint density at radius 3 is 2.43 bits per heavy atom. The van der Waals surface area contributed by atoms with Gasteiger partial charge in [-0.25, -0.2) is 4.79 Å². The molecule has 1 aromatic rings. The number of para-hydroxylation sites is 1. The zero-order valence-corrected chi connectivity index (χ0v) is 15.2. The van der Waals surface area contributed by atoms with Crippen LogP contribution in [0.1, 0.15) is 13.8 Å². The maximum atomic E-state index is 11.8. The summed E-state index contributed by atoms with van der Waals surface area (Å²) in [5.41, 5.74) is -0.912. The Labute approximate surface area is 148 Å². The van der Waals surface area contributed by atoms with Crippen LogP contribution in [0.25, 0.3) is 0 Å². The summed E-state index contributed by atoms with van der Waals surface area (Å²) >= 11 is 24.6. The highest BCUT2D eigenvalue weighted by Gasteiger charge is 2.37. The van der Waals surface area contributed by atoms with Gasteiger partial charge in [0, 0.05) is 5.25 Å². The molecule has 0 aromatic heterocycles. The van der Waals surface area contributed by atoms with Gasteiger partial charge in [0.05, 0.1) is 5.02 Å². The molecule has 0 saturated carbocycles. The van der Waals surface area contributed by atoms with Crippen molar-refractivity contribution in [3.8, 4) is 5.75 Å². The fraction of sp³-hybridized carbons (Fsp3) is 0.462. The van der Waals surface area contributed by atoms with Gasteiger partial charge in [0.2, 0.25) is 3.79 Å². The normalized spacial score (nSPS) is 13.1. The van der Waals surface area contributed by atoms with Crippen molar-refractivity contribution >= 4 is 64.1 Å². The second-order valence-electron chi connectivity index (χ2n) is 4.27. The zero-order valence-electron chi connectivity index (χ0n) is 11.3. The Balaban J connectivity index is 2.56. The first-order chi connectivity index (χ1) is 9.70. The van der Waals surface area contributed by atoms with Gasteiger partial charge in [-0.05, 0) is 12.1 Å². The minimum absolute atomic E-state index is 0.128. The molecule has 8 heteroatoms. The molecule has 118 valence electrons. The Hall–Kier alpha value is -0.000000000000000111. The smallest absolute Gasteiger partial charge is 0.345 e. The Bertz CT molecular complexity index is 477. The summed E-state index contributed by atoms with van der Waals surface area (Å²) in [6.45, 7) is 3.49. The molecule has 3 nitrogen and oxygen atoms in total. The lowest BCUT2D eigenvalue weighted by Gasteiger charge is -2.25. The largest absolute Gasteiger partial charge is 0.480 e. The van der Waals surface area contributed by atoms with E-state index in [1.54, 1.807) is 24.3 Å². The quantitative estimate of drug-likeness (QED) is 0.384. The van der Waals surface area contributed by atoms with E-state index in [0.717, 1.165) is 0 Å². The van der Waals surface area contributed by atoms with Crippen molar-refractivity contribution in [3.63, 3.8) is 0 Å². The monoisotopic (exact) mass is 390 g/mol. The molecular weight excluding hydrogens is 378 g/mol. The average molecular weight is 392 g/mol. The van der Waals surface area contributed by atoms with E-state index >= 15 is 0 Å². The van der Waals surface area contributed by atoms with Gasteiger partial charge in [-0.1, -0.05) is 72.4 Å². The predicted octanol–water partition coefficient (Wildman–Crippen LogP) is 5.10. The molecule has 0 spiro atoms. The van der Waals surface area contributed by atoms with Crippen LogP contribution in [-0.4, -0.2) is 27.1 Å². The van der Waals surface area contributed by atoms with Gasteiger partial charge in [-0.3, -0.25) is 0 Å². The number of hydrogen-bond acceptors (Lipinski definition) is 4. The first-order valence-corrected chi connectivity index (χ1v) is 8.44. The maximum Gasteiger partial charge on any atom is 0.345 e. The van der Waals surface area contributed by atoms with E-state index in [9.17, 15) is 4.79 Å². The van der Waals surface area contributed by atoms with Gasteiger partial charge in [0.15, 0.2) is 12.0 Å². The lowest BCUT2D eigenvalue weighted by molar-refractivity contribution is -0.147. The van der Waals surface area contributed by atoms with Crippen LogP contribution in [0.5, 0.6) is 5.75 Å². The lowest BCUT2D eigenvalue weighted by Crippen LogP contribution is -2.31. The van der Waals surface area contributed by atoms with Crippen LogP contribution in [0.15, 0.2) is 24.3 Å². The standard InChI is InChI=1S/C13H14Cl4O3S/c1-8(2)21-12(13(15,16)17)20-11(18)7-19-10-6-4-3-5-9(10)14/h3-6,8,12H,7H2,1-2H3. The second kappa shape index (κ2) is 8.59. The summed E-state index contributed by atoms with van der Waals surface area (Å²) in [7, 11) is 0. The number of rotatable bonds is 6. The molecule has 0 amide bonds. The van der Waals surface area contributed by atoms with Gasteiger partial charge in [-0.2, -0.15) is 0 Å². The summed E-state index contributed by atoms with van der Waals surface area (Å²) in [5, 5.41) is 0.530. The summed E-state index contributed by atoms with van der Waals surface area (Å²) in [4.78, 5) is 11.8. The highest BCUT2D eigenvalue weighted by molar-refractivity contribution is 8.00. The molecular formula is C13H14Cl4O3S. The molecule has 1 atom stereocenters. The molecule has 1 aromatic carbocycles. The van der Waals surface area contributed by atoms with Crippen LogP contribution in [-0.2, 0) is 9.53 Å². The minimum Gasteiger partial charge on any atom is -0.480 e. The number of alkyl halides is 3. The van der Waals surface area contributed by atoms with Crippen molar-refractivity contribution in [2.45, 2.75) is 28.3 Å². The molecule has 1 rings (SSSR count). The highest BCUT2D eigenvalue weighted by atomic mass is 35.6. The molecule has 0 N–H and O–H groups in total. The van der Waals surface area contributed by atoms with E-state index in [0.29, 0.717) is 10.8 Å². The van der Waals surface area contributed by atoms with Crippen molar-refractivity contribution in [3.05, 3.63) is 29.3 Å². The van der Waals surface area contributed by atoms with E-state index in [1.807, 2.05) is 13.8 Å². The Morgan fingerprint density at radius 2 is 1.90 bits per heavy atom. The van der Waals surface area contributed by atoms with E-state index in [1.165, 1.54) is 11.8 Å². The molecule has 0 aliphatic carbocycles. The van der Waals surface area contributed by atoms with Crippen LogP contribution >= 0.6 is 58.2 Å². The van der Waals surface area contributed by atoms with E-state index < -0.39 is 15.2 Å². The zero-order chi connectivity index (χ0) is 16.0. The molecule has 0 bridgehead atoms. The van der Waals surface area contributed by atoms with Gasteiger partial charge in [0.25, 0.3) is 0 Å². The van der Waals surface area contributed by atoms with Crippen molar-refractivity contribution in [2.75, 3.05) is 6.61 Å². The number of thioether (sulfide) groups is 1.